The Morgan fingerprint density at radius 3 is 2.65 bits per heavy atom. The number of benzene rings is 2. The van der Waals surface area contributed by atoms with E-state index in [2.05, 4.69) is 15.3 Å². The van der Waals surface area contributed by atoms with E-state index in [1.54, 1.807) is 25.1 Å². The van der Waals surface area contributed by atoms with Crippen LogP contribution in [0, 0.1) is 11.6 Å². The van der Waals surface area contributed by atoms with Crippen LogP contribution in [-0.2, 0) is 10.0 Å². The maximum Gasteiger partial charge on any atom is 0.261 e. The van der Waals surface area contributed by atoms with Crippen LogP contribution in [0.15, 0.2) is 54.7 Å². The van der Waals surface area contributed by atoms with Gasteiger partial charge in [-0.05, 0) is 36.8 Å². The molecule has 0 saturated heterocycles. The molecule has 0 aliphatic carbocycles. The van der Waals surface area contributed by atoms with Gasteiger partial charge in [-0.25, -0.2) is 22.2 Å². The molecule has 0 unspecified atom stereocenters. The third-order valence-corrected chi connectivity index (χ3v) is 6.75. The van der Waals surface area contributed by atoms with Crippen LogP contribution >= 0.6 is 11.6 Å². The molecule has 0 fully saturated rings. The lowest BCUT2D eigenvalue weighted by Crippen LogP contribution is -2.20. The summed E-state index contributed by atoms with van der Waals surface area (Å²) >= 11 is 6.24. The Morgan fingerprint density at radius 2 is 1.91 bits per heavy atom. The number of rotatable bonds is 7. The highest BCUT2D eigenvalue weighted by atomic mass is 35.5. The van der Waals surface area contributed by atoms with Crippen molar-refractivity contribution in [2.45, 2.75) is 13.3 Å². The van der Waals surface area contributed by atoms with Crippen LogP contribution < -0.4 is 10.0 Å². The van der Waals surface area contributed by atoms with E-state index < -0.39 is 38.8 Å². The van der Waals surface area contributed by atoms with Crippen LogP contribution in [0.3, 0.4) is 0 Å². The number of aromatic amines is 1. The van der Waals surface area contributed by atoms with E-state index in [1.165, 1.54) is 6.20 Å². The minimum atomic E-state index is -3.84. The second-order valence-electron chi connectivity index (χ2n) is 7.48. The van der Waals surface area contributed by atoms with Gasteiger partial charge in [0.1, 0.15) is 17.0 Å². The number of fused-ring (bicyclic) bond motifs is 1. The molecule has 2 aromatic heterocycles. The molecular weight excluding hydrogens is 486 g/mol. The number of pyridine rings is 1. The summed E-state index contributed by atoms with van der Waals surface area (Å²) in [5.74, 6) is -3.78. The highest BCUT2D eigenvalue weighted by Gasteiger charge is 2.23. The molecule has 0 radical (unpaired) electrons. The second kappa shape index (κ2) is 9.40. The molecule has 0 bridgehead atoms. The molecule has 7 nitrogen and oxygen atoms in total. The smallest absolute Gasteiger partial charge is 0.261 e. The number of aromatic nitrogens is 2. The van der Waals surface area contributed by atoms with Crippen molar-refractivity contribution in [1.82, 2.24) is 9.97 Å². The van der Waals surface area contributed by atoms with Crippen molar-refractivity contribution in [1.29, 1.82) is 0 Å². The summed E-state index contributed by atoms with van der Waals surface area (Å²) in [5, 5.41) is 3.59. The van der Waals surface area contributed by atoms with Gasteiger partial charge in [-0.2, -0.15) is 0 Å². The van der Waals surface area contributed by atoms with Crippen LogP contribution in [-0.4, -0.2) is 30.0 Å². The number of hydrogen-bond acceptors (Lipinski definition) is 4. The molecule has 2 heterocycles. The molecule has 2 aromatic carbocycles. The number of sulfonamides is 1. The van der Waals surface area contributed by atoms with Crippen molar-refractivity contribution >= 4 is 49.9 Å². The Balaban J connectivity index is 1.62. The van der Waals surface area contributed by atoms with Crippen LogP contribution in [0.25, 0.3) is 22.3 Å². The lowest BCUT2D eigenvalue weighted by atomic mass is 10.1. The van der Waals surface area contributed by atoms with E-state index in [0.717, 1.165) is 17.7 Å². The van der Waals surface area contributed by atoms with E-state index in [1.807, 2.05) is 22.9 Å². The number of nitrogens with one attached hydrogen (secondary N) is 3. The molecule has 4 rings (SSSR count). The third kappa shape index (κ3) is 4.87. The first kappa shape index (κ1) is 23.7. The quantitative estimate of drug-likeness (QED) is 0.306. The van der Waals surface area contributed by atoms with Gasteiger partial charge in [0, 0.05) is 21.7 Å². The molecule has 0 atom stereocenters. The maximum absolute atomic E-state index is 14.9. The lowest BCUT2D eigenvalue weighted by Gasteiger charge is -2.12. The van der Waals surface area contributed by atoms with E-state index in [0.29, 0.717) is 28.2 Å². The average Bonchev–Trinajstić information content (AvgIpc) is 3.19. The molecule has 34 heavy (non-hydrogen) atoms. The average molecular weight is 505 g/mol. The molecule has 0 spiro atoms. The van der Waals surface area contributed by atoms with E-state index in [4.69, 9.17) is 11.6 Å². The van der Waals surface area contributed by atoms with Crippen LogP contribution in [0.1, 0.15) is 23.7 Å². The van der Waals surface area contributed by atoms with Gasteiger partial charge in [0.15, 0.2) is 5.82 Å². The molecule has 176 valence electrons. The monoisotopic (exact) mass is 504 g/mol. The van der Waals surface area contributed by atoms with Gasteiger partial charge in [-0.1, -0.05) is 36.7 Å². The van der Waals surface area contributed by atoms with E-state index in [-0.39, 0.29) is 11.4 Å². The highest BCUT2D eigenvalue weighted by Crippen LogP contribution is 2.30. The van der Waals surface area contributed by atoms with Gasteiger partial charge < -0.3 is 10.3 Å². The van der Waals surface area contributed by atoms with Gasteiger partial charge in [-0.15, -0.1) is 0 Å². The Labute approximate surface area is 199 Å². The number of carbonyl (C=O) groups is 1. The molecule has 4 aromatic rings. The number of carbonyl (C=O) groups excluding carboxylic acids is 1. The van der Waals surface area contributed by atoms with Gasteiger partial charge in [-0.3, -0.25) is 9.52 Å². The largest absolute Gasteiger partial charge is 0.339 e. The minimum absolute atomic E-state index is 0.193. The van der Waals surface area contributed by atoms with Crippen molar-refractivity contribution in [3.8, 4) is 11.3 Å². The summed E-state index contributed by atoms with van der Waals surface area (Å²) in [5.41, 5.74) is 0.766. The third-order valence-electron chi connectivity index (χ3n) is 4.95. The van der Waals surface area contributed by atoms with Crippen molar-refractivity contribution < 1.29 is 22.0 Å². The number of nitrogens with zero attached hydrogens (tertiary/aromatic N) is 1. The Kier molecular flexibility index (Phi) is 6.54. The number of anilines is 2. The first-order valence-electron chi connectivity index (χ1n) is 10.2. The maximum atomic E-state index is 14.9. The number of halogens is 3. The standard InChI is InChI=1S/C23H19ClF2N4O3S/c1-2-9-34(32,33)30-18-8-7-17(25)20(21(18)26)23(31)28-14-10-13-11-19(29-22(13)27-12-14)15-5-3-4-6-16(15)24/h3-8,10-12,30H,2,9H2,1H3,(H,27,29)(H,28,31). The van der Waals surface area contributed by atoms with Gasteiger partial charge in [0.05, 0.1) is 23.3 Å². The minimum Gasteiger partial charge on any atom is -0.339 e. The Hall–Kier alpha value is -3.50. The Morgan fingerprint density at radius 1 is 1.15 bits per heavy atom. The molecule has 0 aliphatic rings. The fraction of sp³-hybridized carbons (Fsp3) is 0.130. The first-order valence-corrected chi connectivity index (χ1v) is 12.2. The van der Waals surface area contributed by atoms with Gasteiger partial charge in [0.2, 0.25) is 10.0 Å². The molecule has 0 saturated carbocycles. The zero-order chi connectivity index (χ0) is 24.5. The number of hydrogen-bond donors (Lipinski definition) is 3. The highest BCUT2D eigenvalue weighted by molar-refractivity contribution is 7.92. The summed E-state index contributed by atoms with van der Waals surface area (Å²) < 4.78 is 55.2. The van der Waals surface area contributed by atoms with Crippen LogP contribution in [0.5, 0.6) is 0 Å². The predicted molar refractivity (Wildman–Crippen MR) is 129 cm³/mol. The van der Waals surface area contributed by atoms with E-state index in [9.17, 15) is 22.0 Å². The molecule has 11 heteroatoms. The summed E-state index contributed by atoms with van der Waals surface area (Å²) in [7, 11) is -3.84. The SMILES string of the molecule is CCCS(=O)(=O)Nc1ccc(F)c(C(=O)Nc2cnc3[nH]c(-c4ccccc4Cl)cc3c2)c1F. The molecule has 1 amide bonds. The molecule has 0 aliphatic heterocycles. The fourth-order valence-corrected chi connectivity index (χ4v) is 4.80. The number of amides is 1. The fourth-order valence-electron chi connectivity index (χ4n) is 3.43. The number of H-pyrrole nitrogens is 1. The van der Waals surface area contributed by atoms with Crippen molar-refractivity contribution in [3.63, 3.8) is 0 Å². The first-order chi connectivity index (χ1) is 16.2. The molecule has 3 N–H and O–H groups in total. The van der Waals surface area contributed by atoms with Crippen molar-refractivity contribution in [2.75, 3.05) is 15.8 Å². The molecular formula is C23H19ClF2N4O3S. The summed E-state index contributed by atoms with van der Waals surface area (Å²) in [6.45, 7) is 1.64. The predicted octanol–water partition coefficient (Wildman–Crippen LogP) is 5.57. The van der Waals surface area contributed by atoms with Crippen molar-refractivity contribution in [2.24, 2.45) is 0 Å². The van der Waals surface area contributed by atoms with E-state index >= 15 is 0 Å². The summed E-state index contributed by atoms with van der Waals surface area (Å²) in [6.07, 6.45) is 1.63. The van der Waals surface area contributed by atoms with Crippen molar-refractivity contribution in [3.05, 3.63) is 76.9 Å². The van der Waals surface area contributed by atoms with Crippen LogP contribution in [0.4, 0.5) is 20.2 Å². The Bertz CT molecular complexity index is 1510. The van der Waals surface area contributed by atoms with Gasteiger partial charge >= 0.3 is 0 Å². The normalized spacial score (nSPS) is 11.5. The zero-order valence-electron chi connectivity index (χ0n) is 17.8. The second-order valence-corrected chi connectivity index (χ2v) is 9.73. The topological polar surface area (TPSA) is 104 Å². The summed E-state index contributed by atoms with van der Waals surface area (Å²) in [6, 6.07) is 12.4. The zero-order valence-corrected chi connectivity index (χ0v) is 19.4. The summed E-state index contributed by atoms with van der Waals surface area (Å²) in [4.78, 5) is 20.1. The lowest BCUT2D eigenvalue weighted by molar-refractivity contribution is 0.101. The van der Waals surface area contributed by atoms with Crippen LogP contribution in [0.2, 0.25) is 5.02 Å². The van der Waals surface area contributed by atoms with Gasteiger partial charge in [0.25, 0.3) is 5.91 Å².